The monoisotopic (exact) mass is 327 g/mol. The van der Waals surface area contributed by atoms with Crippen LogP contribution < -0.4 is 10.6 Å². The number of carbonyl (C=O) groups is 1. The normalized spacial score (nSPS) is 10.7. The number of carbonyl (C=O) groups excluding carboxylic acids is 1. The number of anilines is 2. The Morgan fingerprint density at radius 1 is 1.26 bits per heavy atom. The summed E-state index contributed by atoms with van der Waals surface area (Å²) in [6.07, 6.45) is 1.30. The summed E-state index contributed by atoms with van der Waals surface area (Å²) in [4.78, 5) is 12.0. The average molecular weight is 328 g/mol. The molecule has 0 atom stereocenters. The van der Waals surface area contributed by atoms with E-state index < -0.39 is 5.91 Å². The van der Waals surface area contributed by atoms with Crippen LogP contribution in [0.5, 0.6) is 5.75 Å². The zero-order chi connectivity index (χ0) is 16.8. The molecular weight excluding hydrogens is 314 g/mol. The molecule has 0 bridgehead atoms. The van der Waals surface area contributed by atoms with Gasteiger partial charge in [-0.15, -0.1) is 0 Å². The number of amides is 1. The lowest BCUT2D eigenvalue weighted by Gasteiger charge is -2.06. The summed E-state index contributed by atoms with van der Waals surface area (Å²) in [7, 11) is 0. The Balaban J connectivity index is 2.10. The van der Waals surface area contributed by atoms with Crippen LogP contribution in [0.1, 0.15) is 5.56 Å². The van der Waals surface area contributed by atoms with Gasteiger partial charge in [0, 0.05) is 28.7 Å². The number of nitrogens with zero attached hydrogens (tertiary/aromatic N) is 1. The van der Waals surface area contributed by atoms with E-state index in [1.54, 1.807) is 24.3 Å². The minimum Gasteiger partial charge on any atom is -0.508 e. The highest BCUT2D eigenvalue weighted by atomic mass is 35.5. The molecule has 116 valence electrons. The van der Waals surface area contributed by atoms with Crippen molar-refractivity contribution in [3.8, 4) is 11.8 Å². The zero-order valence-corrected chi connectivity index (χ0v) is 13.1. The molecule has 0 radical (unpaired) electrons. The fourth-order valence-electron chi connectivity index (χ4n) is 1.77. The first kappa shape index (κ1) is 16.4. The first-order valence-corrected chi connectivity index (χ1v) is 7.11. The van der Waals surface area contributed by atoms with Gasteiger partial charge in [-0.05, 0) is 36.8 Å². The summed E-state index contributed by atoms with van der Waals surface area (Å²) in [6, 6.07) is 13.2. The van der Waals surface area contributed by atoms with E-state index in [9.17, 15) is 9.90 Å². The highest BCUT2D eigenvalue weighted by Gasteiger charge is 2.09. The second-order valence-electron chi connectivity index (χ2n) is 4.78. The number of aromatic hydroxyl groups is 1. The van der Waals surface area contributed by atoms with Crippen molar-refractivity contribution < 1.29 is 9.90 Å². The van der Waals surface area contributed by atoms with Gasteiger partial charge in [0.2, 0.25) is 0 Å². The van der Waals surface area contributed by atoms with Crippen LogP contribution in [-0.4, -0.2) is 11.0 Å². The van der Waals surface area contributed by atoms with Crippen molar-refractivity contribution in [2.45, 2.75) is 6.92 Å². The third kappa shape index (κ3) is 4.50. The van der Waals surface area contributed by atoms with Gasteiger partial charge in [-0.2, -0.15) is 5.26 Å². The molecule has 0 saturated heterocycles. The lowest BCUT2D eigenvalue weighted by atomic mass is 10.2. The number of rotatable bonds is 4. The van der Waals surface area contributed by atoms with Crippen LogP contribution in [0.2, 0.25) is 5.02 Å². The molecule has 5 nitrogen and oxygen atoms in total. The van der Waals surface area contributed by atoms with Crippen LogP contribution in [0.25, 0.3) is 0 Å². The maximum atomic E-state index is 12.0. The van der Waals surface area contributed by atoms with Crippen LogP contribution in [-0.2, 0) is 4.79 Å². The Hall–Kier alpha value is -2.97. The number of halogens is 1. The SMILES string of the molecule is Cc1ccc(N/C=C(/C#N)C(=O)Nc2cccc(O)c2)cc1Cl. The van der Waals surface area contributed by atoms with Gasteiger partial charge in [0.05, 0.1) is 0 Å². The van der Waals surface area contributed by atoms with E-state index in [0.717, 1.165) is 5.56 Å². The van der Waals surface area contributed by atoms with Gasteiger partial charge in [0.15, 0.2) is 0 Å². The Morgan fingerprint density at radius 3 is 2.70 bits per heavy atom. The molecule has 0 heterocycles. The summed E-state index contributed by atoms with van der Waals surface area (Å²) < 4.78 is 0. The van der Waals surface area contributed by atoms with Gasteiger partial charge >= 0.3 is 0 Å². The fourth-order valence-corrected chi connectivity index (χ4v) is 1.95. The molecule has 3 N–H and O–H groups in total. The van der Waals surface area contributed by atoms with Crippen molar-refractivity contribution in [3.05, 3.63) is 64.8 Å². The Labute approximate surface area is 138 Å². The van der Waals surface area contributed by atoms with E-state index in [4.69, 9.17) is 16.9 Å². The molecule has 1 amide bonds. The van der Waals surface area contributed by atoms with Crippen LogP contribution in [0.4, 0.5) is 11.4 Å². The first-order chi connectivity index (χ1) is 11.0. The molecule has 0 unspecified atom stereocenters. The van der Waals surface area contributed by atoms with E-state index in [2.05, 4.69) is 10.6 Å². The summed E-state index contributed by atoms with van der Waals surface area (Å²) in [5.74, 6) is -0.554. The molecule has 2 aromatic carbocycles. The molecule has 2 aromatic rings. The molecule has 0 aromatic heterocycles. The van der Waals surface area contributed by atoms with E-state index >= 15 is 0 Å². The maximum absolute atomic E-state index is 12.0. The first-order valence-electron chi connectivity index (χ1n) is 6.73. The third-order valence-corrected chi connectivity index (χ3v) is 3.43. The predicted octanol–water partition coefficient (Wildman–Crippen LogP) is 3.81. The van der Waals surface area contributed by atoms with E-state index in [1.165, 1.54) is 18.3 Å². The smallest absolute Gasteiger partial charge is 0.267 e. The lowest BCUT2D eigenvalue weighted by Crippen LogP contribution is -2.14. The van der Waals surface area contributed by atoms with Crippen molar-refractivity contribution >= 4 is 28.9 Å². The average Bonchev–Trinajstić information content (AvgIpc) is 2.51. The Morgan fingerprint density at radius 2 is 2.04 bits per heavy atom. The van der Waals surface area contributed by atoms with Crippen molar-refractivity contribution in [2.75, 3.05) is 10.6 Å². The summed E-state index contributed by atoms with van der Waals surface area (Å²) in [5.41, 5.74) is 1.89. The third-order valence-electron chi connectivity index (χ3n) is 3.02. The van der Waals surface area contributed by atoms with Gasteiger partial charge in [-0.3, -0.25) is 4.79 Å². The number of nitriles is 1. The van der Waals surface area contributed by atoms with Crippen LogP contribution in [0.15, 0.2) is 54.2 Å². The second kappa shape index (κ2) is 7.34. The van der Waals surface area contributed by atoms with E-state index in [-0.39, 0.29) is 11.3 Å². The number of hydrogen-bond acceptors (Lipinski definition) is 4. The van der Waals surface area contributed by atoms with Crippen LogP contribution in [0, 0.1) is 18.3 Å². The zero-order valence-electron chi connectivity index (χ0n) is 12.3. The highest BCUT2D eigenvalue weighted by molar-refractivity contribution is 6.31. The number of aryl methyl sites for hydroxylation is 1. The number of hydrogen-bond donors (Lipinski definition) is 3. The van der Waals surface area contributed by atoms with Crippen molar-refractivity contribution in [2.24, 2.45) is 0 Å². The molecule has 0 aliphatic heterocycles. The Kier molecular flexibility index (Phi) is 5.23. The van der Waals surface area contributed by atoms with E-state index in [1.807, 2.05) is 19.1 Å². The molecular formula is C17H14ClN3O2. The van der Waals surface area contributed by atoms with Crippen molar-refractivity contribution in [3.63, 3.8) is 0 Å². The molecule has 2 rings (SSSR count). The molecule has 0 aliphatic carbocycles. The van der Waals surface area contributed by atoms with Gasteiger partial charge in [0.25, 0.3) is 5.91 Å². The maximum Gasteiger partial charge on any atom is 0.267 e. The molecule has 0 fully saturated rings. The predicted molar refractivity (Wildman–Crippen MR) is 90.2 cm³/mol. The van der Waals surface area contributed by atoms with Gasteiger partial charge < -0.3 is 15.7 Å². The number of phenols is 1. The molecule has 23 heavy (non-hydrogen) atoms. The largest absolute Gasteiger partial charge is 0.508 e. The molecule has 0 spiro atoms. The van der Waals surface area contributed by atoms with Gasteiger partial charge in [-0.25, -0.2) is 0 Å². The molecule has 0 aliphatic rings. The van der Waals surface area contributed by atoms with Gasteiger partial charge in [0.1, 0.15) is 17.4 Å². The lowest BCUT2D eigenvalue weighted by molar-refractivity contribution is -0.112. The quantitative estimate of drug-likeness (QED) is 0.589. The minimum atomic E-state index is -0.580. The second-order valence-corrected chi connectivity index (χ2v) is 5.19. The number of nitrogens with one attached hydrogen (secondary N) is 2. The number of benzene rings is 2. The van der Waals surface area contributed by atoms with Gasteiger partial charge in [-0.1, -0.05) is 23.7 Å². The molecule has 6 heteroatoms. The summed E-state index contributed by atoms with van der Waals surface area (Å²) in [6.45, 7) is 1.88. The highest BCUT2D eigenvalue weighted by Crippen LogP contribution is 2.20. The van der Waals surface area contributed by atoms with Crippen LogP contribution >= 0.6 is 11.6 Å². The minimum absolute atomic E-state index is 0.0257. The van der Waals surface area contributed by atoms with Crippen molar-refractivity contribution in [1.82, 2.24) is 0 Å². The standard InChI is InChI=1S/C17H14ClN3O2/c1-11-5-6-13(8-16(11)18)20-10-12(9-19)17(23)21-14-3-2-4-15(22)7-14/h2-8,10,20,22H,1H3,(H,21,23)/b12-10-. The molecule has 0 saturated carbocycles. The Bertz CT molecular complexity index is 810. The summed E-state index contributed by atoms with van der Waals surface area (Å²) in [5, 5.41) is 24.5. The summed E-state index contributed by atoms with van der Waals surface area (Å²) >= 11 is 6.02. The van der Waals surface area contributed by atoms with E-state index in [0.29, 0.717) is 16.4 Å². The fraction of sp³-hybridized carbons (Fsp3) is 0.0588. The number of phenolic OH excluding ortho intramolecular Hbond substituents is 1. The van der Waals surface area contributed by atoms with Crippen molar-refractivity contribution in [1.29, 1.82) is 5.26 Å². The van der Waals surface area contributed by atoms with Crippen LogP contribution in [0.3, 0.4) is 0 Å². The topological polar surface area (TPSA) is 85.2 Å².